The number of aliphatic hydroxyl groups is 1. The van der Waals surface area contributed by atoms with Gasteiger partial charge in [-0.25, -0.2) is 4.98 Å². The molecule has 1 atom stereocenters. The molecule has 0 spiro atoms. The molecule has 0 aliphatic carbocycles. The number of rotatable bonds is 5. The molecular formula is C17H20ClN3O3. The Balaban J connectivity index is 1.56. The number of carbonyl (C=O) groups is 1. The van der Waals surface area contributed by atoms with Gasteiger partial charge in [0, 0.05) is 12.7 Å². The fourth-order valence-corrected chi connectivity index (χ4v) is 3.02. The maximum Gasteiger partial charge on any atom is 0.229 e. The second-order valence-corrected chi connectivity index (χ2v) is 6.39. The molecule has 1 saturated heterocycles. The van der Waals surface area contributed by atoms with E-state index in [0.717, 1.165) is 25.1 Å². The summed E-state index contributed by atoms with van der Waals surface area (Å²) in [5.74, 6) is 1.78. The van der Waals surface area contributed by atoms with E-state index in [0.29, 0.717) is 29.7 Å². The van der Waals surface area contributed by atoms with Gasteiger partial charge < -0.3 is 14.8 Å². The predicted octanol–water partition coefficient (Wildman–Crippen LogP) is 2.67. The highest BCUT2D eigenvalue weighted by molar-refractivity contribution is 6.30. The maximum atomic E-state index is 12.4. The summed E-state index contributed by atoms with van der Waals surface area (Å²) in [4.78, 5) is 18.7. The minimum Gasteiger partial charge on any atom is -0.462 e. The van der Waals surface area contributed by atoms with E-state index in [4.69, 9.17) is 21.1 Å². The third-order valence-electron chi connectivity index (χ3n) is 4.11. The zero-order valence-corrected chi connectivity index (χ0v) is 14.0. The number of nitrogens with zero attached hydrogens (tertiary/aromatic N) is 2. The van der Waals surface area contributed by atoms with Crippen LogP contribution in [0, 0.1) is 5.92 Å². The summed E-state index contributed by atoms with van der Waals surface area (Å²) in [5, 5.41) is 12.4. The van der Waals surface area contributed by atoms with Gasteiger partial charge in [0.25, 0.3) is 0 Å². The highest BCUT2D eigenvalue weighted by atomic mass is 35.5. The smallest absolute Gasteiger partial charge is 0.229 e. The normalized spacial score (nSPS) is 18.5. The topological polar surface area (TPSA) is 78.6 Å². The molecule has 2 aromatic heterocycles. The maximum absolute atomic E-state index is 12.4. The van der Waals surface area contributed by atoms with Crippen LogP contribution < -0.4 is 5.32 Å². The Morgan fingerprint density at radius 1 is 1.38 bits per heavy atom. The van der Waals surface area contributed by atoms with E-state index in [1.807, 2.05) is 6.07 Å². The van der Waals surface area contributed by atoms with Crippen molar-refractivity contribution < 1.29 is 14.3 Å². The molecule has 1 amide bonds. The van der Waals surface area contributed by atoms with E-state index in [9.17, 15) is 4.79 Å². The first-order valence-corrected chi connectivity index (χ1v) is 8.35. The number of likely N-dealkylation sites (tertiary alicyclic amines) is 1. The van der Waals surface area contributed by atoms with Gasteiger partial charge in [-0.1, -0.05) is 11.6 Å². The van der Waals surface area contributed by atoms with E-state index in [1.165, 1.54) is 6.20 Å². The highest BCUT2D eigenvalue weighted by Gasteiger charge is 2.26. The number of carbonyl (C=O) groups excluding carboxylic acids is 1. The molecule has 2 N–H and O–H groups in total. The Bertz CT molecular complexity index is 687. The van der Waals surface area contributed by atoms with Crippen LogP contribution in [0.3, 0.4) is 0 Å². The van der Waals surface area contributed by atoms with Crippen molar-refractivity contribution in [1.82, 2.24) is 9.88 Å². The molecule has 1 aliphatic heterocycles. The average molecular weight is 350 g/mol. The second kappa shape index (κ2) is 7.79. The minimum absolute atomic E-state index is 0.0231. The van der Waals surface area contributed by atoms with Gasteiger partial charge in [-0.2, -0.15) is 0 Å². The third-order valence-corrected chi connectivity index (χ3v) is 4.33. The Hall–Kier alpha value is -1.89. The van der Waals surface area contributed by atoms with Crippen molar-refractivity contribution in [2.45, 2.75) is 26.0 Å². The summed E-state index contributed by atoms with van der Waals surface area (Å²) < 4.78 is 5.52. The zero-order valence-electron chi connectivity index (χ0n) is 13.2. The summed E-state index contributed by atoms with van der Waals surface area (Å²) in [6.07, 6.45) is 3.33. The number of halogens is 1. The largest absolute Gasteiger partial charge is 0.462 e. The molecule has 0 unspecified atom stereocenters. The molecule has 1 aliphatic rings. The van der Waals surface area contributed by atoms with Gasteiger partial charge in [0.05, 0.1) is 17.5 Å². The van der Waals surface area contributed by atoms with Crippen LogP contribution in [0.5, 0.6) is 0 Å². The quantitative estimate of drug-likeness (QED) is 0.867. The molecule has 0 aromatic carbocycles. The number of aromatic nitrogens is 1. The van der Waals surface area contributed by atoms with Crippen molar-refractivity contribution in [2.75, 3.05) is 18.4 Å². The Labute approximate surface area is 145 Å². The second-order valence-electron chi connectivity index (χ2n) is 5.95. The molecule has 128 valence electrons. The molecule has 3 heterocycles. The lowest BCUT2D eigenvalue weighted by Gasteiger charge is -2.31. The Morgan fingerprint density at radius 2 is 2.21 bits per heavy atom. The number of piperidine rings is 1. The number of nitrogens with one attached hydrogen (secondary N) is 1. The Morgan fingerprint density at radius 3 is 2.92 bits per heavy atom. The molecule has 2 aromatic rings. The van der Waals surface area contributed by atoms with Gasteiger partial charge in [-0.15, -0.1) is 0 Å². The van der Waals surface area contributed by atoms with Crippen LogP contribution in [0.25, 0.3) is 0 Å². The number of anilines is 1. The lowest BCUT2D eigenvalue weighted by atomic mass is 9.97. The fraction of sp³-hybridized carbons (Fsp3) is 0.412. The van der Waals surface area contributed by atoms with Gasteiger partial charge in [-0.3, -0.25) is 9.69 Å². The zero-order chi connectivity index (χ0) is 16.9. The SMILES string of the molecule is O=C(Nc1ccc(Cl)cn1)[C@H]1CCCN(Cc2ccc(CO)o2)C1. The lowest BCUT2D eigenvalue weighted by Crippen LogP contribution is -2.40. The van der Waals surface area contributed by atoms with Crippen molar-refractivity contribution in [2.24, 2.45) is 5.92 Å². The fourth-order valence-electron chi connectivity index (χ4n) is 2.90. The van der Waals surface area contributed by atoms with E-state index in [1.54, 1.807) is 18.2 Å². The van der Waals surface area contributed by atoms with Crippen LogP contribution in [0.2, 0.25) is 5.02 Å². The molecule has 1 fully saturated rings. The number of hydrogen-bond donors (Lipinski definition) is 2. The lowest BCUT2D eigenvalue weighted by molar-refractivity contribution is -0.121. The monoisotopic (exact) mass is 349 g/mol. The van der Waals surface area contributed by atoms with Gasteiger partial charge in [0.2, 0.25) is 5.91 Å². The summed E-state index contributed by atoms with van der Waals surface area (Å²) in [6.45, 7) is 2.15. The number of hydrogen-bond acceptors (Lipinski definition) is 5. The van der Waals surface area contributed by atoms with Crippen LogP contribution in [0.1, 0.15) is 24.4 Å². The van der Waals surface area contributed by atoms with Crippen LogP contribution in [0.4, 0.5) is 5.82 Å². The summed E-state index contributed by atoms with van der Waals surface area (Å²) in [5.41, 5.74) is 0. The van der Waals surface area contributed by atoms with Gasteiger partial charge in [0.1, 0.15) is 23.9 Å². The summed E-state index contributed by atoms with van der Waals surface area (Å²) in [7, 11) is 0. The molecule has 0 radical (unpaired) electrons. The average Bonchev–Trinajstić information content (AvgIpc) is 3.05. The molecule has 0 saturated carbocycles. The number of aliphatic hydroxyl groups excluding tert-OH is 1. The van der Waals surface area contributed by atoms with E-state index >= 15 is 0 Å². The van der Waals surface area contributed by atoms with Gasteiger partial charge in [-0.05, 0) is 43.7 Å². The van der Waals surface area contributed by atoms with Crippen LogP contribution >= 0.6 is 11.6 Å². The number of furan rings is 1. The van der Waals surface area contributed by atoms with Crippen LogP contribution in [-0.4, -0.2) is 34.0 Å². The van der Waals surface area contributed by atoms with Crippen molar-refractivity contribution >= 4 is 23.3 Å². The minimum atomic E-state index is -0.0981. The summed E-state index contributed by atoms with van der Waals surface area (Å²) in [6, 6.07) is 7.04. The number of pyridine rings is 1. The van der Waals surface area contributed by atoms with Gasteiger partial charge >= 0.3 is 0 Å². The Kier molecular flexibility index (Phi) is 5.50. The molecule has 0 bridgehead atoms. The van der Waals surface area contributed by atoms with Crippen LogP contribution in [0.15, 0.2) is 34.9 Å². The van der Waals surface area contributed by atoms with Crippen molar-refractivity contribution in [3.8, 4) is 0 Å². The van der Waals surface area contributed by atoms with Gasteiger partial charge in [0.15, 0.2) is 0 Å². The molecule has 24 heavy (non-hydrogen) atoms. The standard InChI is InChI=1S/C17H20ClN3O3/c18-13-3-6-16(19-8-13)20-17(23)12-2-1-7-21(9-12)10-14-4-5-15(11-22)24-14/h3-6,8,12,22H,1-2,7,9-11H2,(H,19,20,23)/t12-/m0/s1. The molecule has 6 nitrogen and oxygen atoms in total. The van der Waals surface area contributed by atoms with Crippen molar-refractivity contribution in [1.29, 1.82) is 0 Å². The highest BCUT2D eigenvalue weighted by Crippen LogP contribution is 2.21. The number of amides is 1. The third kappa shape index (κ3) is 4.35. The first kappa shape index (κ1) is 17.0. The van der Waals surface area contributed by atoms with E-state index in [-0.39, 0.29) is 18.4 Å². The first-order chi connectivity index (χ1) is 11.6. The van der Waals surface area contributed by atoms with E-state index in [2.05, 4.69) is 15.2 Å². The first-order valence-electron chi connectivity index (χ1n) is 7.97. The predicted molar refractivity (Wildman–Crippen MR) is 90.5 cm³/mol. The molecular weight excluding hydrogens is 330 g/mol. The molecule has 3 rings (SSSR count). The van der Waals surface area contributed by atoms with E-state index < -0.39 is 0 Å². The van der Waals surface area contributed by atoms with Crippen molar-refractivity contribution in [3.63, 3.8) is 0 Å². The van der Waals surface area contributed by atoms with Crippen LogP contribution in [-0.2, 0) is 17.9 Å². The van der Waals surface area contributed by atoms with Crippen molar-refractivity contribution in [3.05, 3.63) is 47.0 Å². The summed E-state index contributed by atoms with van der Waals surface area (Å²) >= 11 is 5.80. The molecule has 7 heteroatoms.